The molecule has 7 nitrogen and oxygen atoms in total. The second-order valence-electron chi connectivity index (χ2n) is 3.24. The Balaban J connectivity index is 1.95. The summed E-state index contributed by atoms with van der Waals surface area (Å²) in [5.74, 6) is 0.185. The third kappa shape index (κ3) is 2.97. The van der Waals surface area contributed by atoms with E-state index in [1.54, 1.807) is 18.1 Å². The van der Waals surface area contributed by atoms with E-state index in [-0.39, 0.29) is 23.3 Å². The molecule has 1 N–H and O–H groups in total. The number of halogens is 1. The van der Waals surface area contributed by atoms with Gasteiger partial charge in [-0.1, -0.05) is 11.6 Å². The van der Waals surface area contributed by atoms with Crippen LogP contribution < -0.4 is 5.32 Å². The Kier molecular flexibility index (Phi) is 3.29. The number of hydrogen-bond donors (Lipinski definition) is 1. The molecule has 0 bridgehead atoms. The molecular formula is C9H9ClN6O. The van der Waals surface area contributed by atoms with E-state index in [9.17, 15) is 4.79 Å². The molecule has 2 aromatic rings. The lowest BCUT2D eigenvalue weighted by Crippen LogP contribution is -2.24. The Hall–Kier alpha value is -2.02. The van der Waals surface area contributed by atoms with E-state index in [2.05, 4.69) is 25.4 Å². The minimum atomic E-state index is -0.346. The normalized spacial score (nSPS) is 10.2. The third-order valence-corrected chi connectivity index (χ3v) is 2.10. The van der Waals surface area contributed by atoms with Crippen molar-refractivity contribution in [3.05, 3.63) is 35.4 Å². The predicted octanol–water partition coefficient (Wildman–Crippen LogP) is 0.188. The van der Waals surface area contributed by atoms with Gasteiger partial charge in [0.25, 0.3) is 5.91 Å². The predicted molar refractivity (Wildman–Crippen MR) is 59.2 cm³/mol. The second kappa shape index (κ2) is 4.88. The van der Waals surface area contributed by atoms with Gasteiger partial charge >= 0.3 is 0 Å². The standard InChI is InChI=1S/C9H9ClN6O/c1-16-5-14-8(15-16)4-13-9(17)6-2-12-7(10)3-11-6/h2-3,5H,4H2,1H3,(H,13,17). The monoisotopic (exact) mass is 252 g/mol. The van der Waals surface area contributed by atoms with Gasteiger partial charge in [0, 0.05) is 7.05 Å². The van der Waals surface area contributed by atoms with Gasteiger partial charge in [-0.05, 0) is 0 Å². The Labute approximate surface area is 102 Å². The Morgan fingerprint density at radius 3 is 2.82 bits per heavy atom. The fraction of sp³-hybridized carbons (Fsp3) is 0.222. The van der Waals surface area contributed by atoms with Gasteiger partial charge in [-0.15, -0.1) is 0 Å². The summed E-state index contributed by atoms with van der Waals surface area (Å²) in [7, 11) is 1.75. The molecule has 0 atom stereocenters. The fourth-order valence-corrected chi connectivity index (χ4v) is 1.24. The zero-order valence-electron chi connectivity index (χ0n) is 8.96. The minimum Gasteiger partial charge on any atom is -0.343 e. The van der Waals surface area contributed by atoms with Gasteiger partial charge in [-0.3, -0.25) is 9.48 Å². The molecule has 2 heterocycles. The van der Waals surface area contributed by atoms with Crippen molar-refractivity contribution in [2.24, 2.45) is 7.05 Å². The molecule has 2 rings (SSSR count). The molecule has 2 aromatic heterocycles. The first-order valence-corrected chi connectivity index (χ1v) is 5.13. The van der Waals surface area contributed by atoms with Crippen LogP contribution in [-0.4, -0.2) is 30.6 Å². The summed E-state index contributed by atoms with van der Waals surface area (Å²) in [6.45, 7) is 0.240. The van der Waals surface area contributed by atoms with E-state index in [0.29, 0.717) is 5.82 Å². The average molecular weight is 253 g/mol. The van der Waals surface area contributed by atoms with Gasteiger partial charge in [0.1, 0.15) is 17.2 Å². The van der Waals surface area contributed by atoms with Gasteiger partial charge in [0.15, 0.2) is 5.82 Å². The number of hydrogen-bond acceptors (Lipinski definition) is 5. The number of nitrogens with one attached hydrogen (secondary N) is 1. The zero-order valence-corrected chi connectivity index (χ0v) is 9.72. The van der Waals surface area contributed by atoms with Crippen molar-refractivity contribution in [3.8, 4) is 0 Å². The van der Waals surface area contributed by atoms with E-state index in [0.717, 1.165) is 0 Å². The van der Waals surface area contributed by atoms with Gasteiger partial charge in [0.05, 0.1) is 18.9 Å². The molecule has 88 valence electrons. The van der Waals surface area contributed by atoms with Crippen LogP contribution in [0.4, 0.5) is 0 Å². The Morgan fingerprint density at radius 2 is 2.24 bits per heavy atom. The van der Waals surface area contributed by atoms with E-state index in [1.807, 2.05) is 0 Å². The lowest BCUT2D eigenvalue weighted by Gasteiger charge is -2.01. The molecule has 8 heteroatoms. The van der Waals surface area contributed by atoms with Gasteiger partial charge in [-0.2, -0.15) is 5.10 Å². The summed E-state index contributed by atoms with van der Waals surface area (Å²) in [5, 5.41) is 6.89. The van der Waals surface area contributed by atoms with E-state index in [1.165, 1.54) is 12.4 Å². The van der Waals surface area contributed by atoms with Crippen molar-refractivity contribution in [1.29, 1.82) is 0 Å². The molecule has 0 unspecified atom stereocenters. The number of nitrogens with zero attached hydrogens (tertiary/aromatic N) is 5. The number of rotatable bonds is 3. The zero-order chi connectivity index (χ0) is 12.3. The highest BCUT2D eigenvalue weighted by Crippen LogP contribution is 2.01. The summed E-state index contributed by atoms with van der Waals surface area (Å²) < 4.78 is 1.56. The second-order valence-corrected chi connectivity index (χ2v) is 3.63. The van der Waals surface area contributed by atoms with Crippen molar-refractivity contribution < 1.29 is 4.79 Å². The molecule has 0 aliphatic carbocycles. The first kappa shape index (κ1) is 11.5. The van der Waals surface area contributed by atoms with Crippen LogP contribution in [0.2, 0.25) is 5.15 Å². The first-order valence-electron chi connectivity index (χ1n) is 4.75. The highest BCUT2D eigenvalue weighted by molar-refractivity contribution is 6.29. The van der Waals surface area contributed by atoms with E-state index < -0.39 is 0 Å². The van der Waals surface area contributed by atoms with Crippen molar-refractivity contribution >= 4 is 17.5 Å². The summed E-state index contributed by atoms with van der Waals surface area (Å²) in [4.78, 5) is 23.2. The number of amides is 1. The lowest BCUT2D eigenvalue weighted by atomic mass is 10.4. The van der Waals surface area contributed by atoms with Crippen molar-refractivity contribution in [1.82, 2.24) is 30.0 Å². The Bertz CT molecular complexity index is 523. The van der Waals surface area contributed by atoms with Gasteiger partial charge < -0.3 is 5.32 Å². The molecule has 0 aliphatic heterocycles. The minimum absolute atomic E-state index is 0.199. The maximum Gasteiger partial charge on any atom is 0.271 e. The number of carbonyl (C=O) groups excluding carboxylic acids is 1. The smallest absolute Gasteiger partial charge is 0.271 e. The maximum absolute atomic E-state index is 11.6. The molecule has 0 fully saturated rings. The largest absolute Gasteiger partial charge is 0.343 e. The van der Waals surface area contributed by atoms with Crippen LogP contribution in [0.1, 0.15) is 16.3 Å². The van der Waals surface area contributed by atoms with E-state index >= 15 is 0 Å². The number of aromatic nitrogens is 5. The SMILES string of the molecule is Cn1cnc(CNC(=O)c2cnc(Cl)cn2)n1. The average Bonchev–Trinajstić information content (AvgIpc) is 2.73. The molecule has 0 spiro atoms. The summed E-state index contributed by atoms with van der Waals surface area (Å²) in [6, 6.07) is 0. The molecule has 0 aromatic carbocycles. The Morgan fingerprint density at radius 1 is 1.41 bits per heavy atom. The van der Waals surface area contributed by atoms with Crippen LogP contribution in [0, 0.1) is 0 Å². The summed E-state index contributed by atoms with van der Waals surface area (Å²) in [6.07, 6.45) is 4.18. The molecule has 0 aliphatic rings. The van der Waals surface area contributed by atoms with Crippen LogP contribution in [-0.2, 0) is 13.6 Å². The molecule has 0 radical (unpaired) electrons. The molecule has 0 saturated heterocycles. The fourth-order valence-electron chi connectivity index (χ4n) is 1.14. The first-order chi connectivity index (χ1) is 8.15. The van der Waals surface area contributed by atoms with Gasteiger partial charge in [0.2, 0.25) is 0 Å². The lowest BCUT2D eigenvalue weighted by molar-refractivity contribution is 0.0944. The molecule has 0 saturated carbocycles. The topological polar surface area (TPSA) is 85.6 Å². The maximum atomic E-state index is 11.6. The molecular weight excluding hydrogens is 244 g/mol. The highest BCUT2D eigenvalue weighted by atomic mass is 35.5. The van der Waals surface area contributed by atoms with Gasteiger partial charge in [-0.25, -0.2) is 15.0 Å². The molecule has 1 amide bonds. The molecule has 17 heavy (non-hydrogen) atoms. The highest BCUT2D eigenvalue weighted by Gasteiger charge is 2.08. The van der Waals surface area contributed by atoms with Crippen LogP contribution in [0.25, 0.3) is 0 Å². The quantitative estimate of drug-likeness (QED) is 0.843. The third-order valence-electron chi connectivity index (χ3n) is 1.91. The summed E-state index contributed by atoms with van der Waals surface area (Å²) >= 11 is 5.56. The number of aryl methyl sites for hydroxylation is 1. The number of carbonyl (C=O) groups is 1. The van der Waals surface area contributed by atoms with E-state index in [4.69, 9.17) is 11.6 Å². The van der Waals surface area contributed by atoms with Crippen LogP contribution in [0.5, 0.6) is 0 Å². The van der Waals surface area contributed by atoms with Crippen LogP contribution in [0.15, 0.2) is 18.7 Å². The summed E-state index contributed by atoms with van der Waals surface area (Å²) in [5.41, 5.74) is 0.199. The van der Waals surface area contributed by atoms with Crippen molar-refractivity contribution in [3.63, 3.8) is 0 Å². The van der Waals surface area contributed by atoms with Crippen LogP contribution >= 0.6 is 11.6 Å². The van der Waals surface area contributed by atoms with Crippen molar-refractivity contribution in [2.75, 3.05) is 0 Å². The van der Waals surface area contributed by atoms with Crippen LogP contribution in [0.3, 0.4) is 0 Å². The van der Waals surface area contributed by atoms with Crippen molar-refractivity contribution in [2.45, 2.75) is 6.54 Å².